The zero-order chi connectivity index (χ0) is 15.2. The topological polar surface area (TPSA) is 68.5 Å². The van der Waals surface area contributed by atoms with Gasteiger partial charge < -0.3 is 9.26 Å². The van der Waals surface area contributed by atoms with Gasteiger partial charge in [0.15, 0.2) is 5.82 Å². The lowest BCUT2D eigenvalue weighted by atomic mass is 10.3. The third kappa shape index (κ3) is 6.00. The van der Waals surface area contributed by atoms with Gasteiger partial charge in [-0.25, -0.2) is 0 Å². The van der Waals surface area contributed by atoms with Crippen molar-refractivity contribution in [2.24, 2.45) is 0 Å². The van der Waals surface area contributed by atoms with Gasteiger partial charge in [0.25, 0.3) is 0 Å². The lowest BCUT2D eigenvalue weighted by Crippen LogP contribution is -2.33. The van der Waals surface area contributed by atoms with E-state index in [-0.39, 0.29) is 25.5 Å². The van der Waals surface area contributed by atoms with Crippen molar-refractivity contribution in [3.05, 3.63) is 11.7 Å². The molecular weight excluding hydrogens is 279 g/mol. The van der Waals surface area contributed by atoms with Gasteiger partial charge in [-0.3, -0.25) is 9.69 Å². The van der Waals surface area contributed by atoms with E-state index < -0.39 is 18.6 Å². The fraction of sp³-hybridized carbons (Fsp3) is 0.727. The van der Waals surface area contributed by atoms with Crippen LogP contribution in [0.15, 0.2) is 4.52 Å². The van der Waals surface area contributed by atoms with Crippen LogP contribution in [-0.4, -0.2) is 47.4 Å². The normalized spacial score (nSPS) is 11.9. The first-order valence-electron chi connectivity index (χ1n) is 6.01. The van der Waals surface area contributed by atoms with Crippen LogP contribution in [0.2, 0.25) is 0 Å². The summed E-state index contributed by atoms with van der Waals surface area (Å²) in [4.78, 5) is 16.4. The lowest BCUT2D eigenvalue weighted by molar-refractivity contribution is -0.147. The van der Waals surface area contributed by atoms with Gasteiger partial charge in [-0.05, 0) is 0 Å². The highest BCUT2D eigenvalue weighted by molar-refractivity contribution is 5.71. The first-order chi connectivity index (χ1) is 9.34. The average Bonchev–Trinajstić information content (AvgIpc) is 2.82. The molecule has 0 saturated carbocycles. The molecule has 114 valence electrons. The summed E-state index contributed by atoms with van der Waals surface area (Å²) in [7, 11) is 1.17. The number of carbonyl (C=O) groups is 1. The Hall–Kier alpha value is -1.64. The molecule has 0 bridgehead atoms. The Balaban J connectivity index is 2.63. The summed E-state index contributed by atoms with van der Waals surface area (Å²) >= 11 is 0. The molecule has 0 radical (unpaired) electrons. The minimum Gasteiger partial charge on any atom is -0.468 e. The van der Waals surface area contributed by atoms with Crippen LogP contribution >= 0.6 is 0 Å². The Morgan fingerprint density at radius 1 is 1.45 bits per heavy atom. The number of hydrogen-bond acceptors (Lipinski definition) is 6. The molecule has 0 amide bonds. The van der Waals surface area contributed by atoms with Gasteiger partial charge in [0.2, 0.25) is 5.89 Å². The molecule has 1 heterocycles. The van der Waals surface area contributed by atoms with Crippen LogP contribution < -0.4 is 0 Å². The van der Waals surface area contributed by atoms with E-state index in [1.165, 1.54) is 12.0 Å². The maximum Gasteiger partial charge on any atom is 0.390 e. The van der Waals surface area contributed by atoms with Gasteiger partial charge in [0.05, 0.1) is 26.6 Å². The smallest absolute Gasteiger partial charge is 0.390 e. The first kappa shape index (κ1) is 16.4. The summed E-state index contributed by atoms with van der Waals surface area (Å²) in [6.07, 6.45) is -4.76. The molecule has 0 aliphatic heterocycles. The zero-order valence-electron chi connectivity index (χ0n) is 11.2. The number of methoxy groups -OCH3 is 1. The number of aromatic nitrogens is 2. The van der Waals surface area contributed by atoms with Crippen molar-refractivity contribution >= 4 is 5.97 Å². The summed E-state index contributed by atoms with van der Waals surface area (Å²) in [5.41, 5.74) is 0. The number of esters is 1. The minimum absolute atomic E-state index is 0.0296. The summed E-state index contributed by atoms with van der Waals surface area (Å²) in [6, 6.07) is 0. The van der Waals surface area contributed by atoms with Gasteiger partial charge in [0.1, 0.15) is 0 Å². The number of ether oxygens (including phenoxy) is 1. The van der Waals surface area contributed by atoms with Crippen molar-refractivity contribution < 1.29 is 27.2 Å². The molecule has 1 aromatic heterocycles. The highest BCUT2D eigenvalue weighted by Gasteiger charge is 2.28. The Morgan fingerprint density at radius 3 is 2.65 bits per heavy atom. The summed E-state index contributed by atoms with van der Waals surface area (Å²) in [6.45, 7) is 1.18. The van der Waals surface area contributed by atoms with Gasteiger partial charge in [-0.2, -0.15) is 18.2 Å². The molecule has 0 fully saturated rings. The van der Waals surface area contributed by atoms with Crippen molar-refractivity contribution in [2.45, 2.75) is 32.5 Å². The van der Waals surface area contributed by atoms with Gasteiger partial charge in [0, 0.05) is 13.0 Å². The number of hydrogen-bond donors (Lipinski definition) is 0. The highest BCUT2D eigenvalue weighted by atomic mass is 19.4. The predicted octanol–water partition coefficient (Wildman–Crippen LogP) is 1.56. The van der Waals surface area contributed by atoms with E-state index in [9.17, 15) is 18.0 Å². The molecule has 1 aromatic rings. The van der Waals surface area contributed by atoms with E-state index in [2.05, 4.69) is 14.9 Å². The number of carbonyl (C=O) groups excluding carboxylic acids is 1. The van der Waals surface area contributed by atoms with Crippen molar-refractivity contribution in [2.75, 3.05) is 20.2 Å². The van der Waals surface area contributed by atoms with E-state index >= 15 is 0 Å². The lowest BCUT2D eigenvalue weighted by Gasteiger charge is -2.19. The van der Waals surface area contributed by atoms with Crippen molar-refractivity contribution in [3.8, 4) is 0 Å². The number of nitrogens with zero attached hydrogens (tertiary/aromatic N) is 3. The largest absolute Gasteiger partial charge is 0.468 e. The van der Waals surface area contributed by atoms with Gasteiger partial charge in [-0.1, -0.05) is 12.1 Å². The van der Waals surface area contributed by atoms with Crippen molar-refractivity contribution in [1.29, 1.82) is 0 Å². The van der Waals surface area contributed by atoms with Crippen LogP contribution in [0, 0.1) is 0 Å². The Kier molecular flexibility index (Phi) is 5.93. The standard InChI is InChI=1S/C11H16F3N3O3/c1-3-8-15-9(20-16-8)6-17(7-10(18)19-2)5-4-11(12,13)14/h3-7H2,1-2H3. The summed E-state index contributed by atoms with van der Waals surface area (Å²) in [5, 5.41) is 3.64. The molecule has 0 unspecified atom stereocenters. The number of aryl methyl sites for hydroxylation is 1. The molecule has 0 aliphatic carbocycles. The fourth-order valence-electron chi connectivity index (χ4n) is 1.44. The monoisotopic (exact) mass is 295 g/mol. The maximum absolute atomic E-state index is 12.2. The first-order valence-corrected chi connectivity index (χ1v) is 6.01. The fourth-order valence-corrected chi connectivity index (χ4v) is 1.44. The van der Waals surface area contributed by atoms with Crippen LogP contribution in [0.1, 0.15) is 25.1 Å². The second-order valence-corrected chi connectivity index (χ2v) is 4.11. The van der Waals surface area contributed by atoms with Gasteiger partial charge >= 0.3 is 12.1 Å². The molecule has 0 atom stereocenters. The Labute approximate surface area is 113 Å². The van der Waals surface area contributed by atoms with E-state index in [1.807, 2.05) is 6.92 Å². The average molecular weight is 295 g/mol. The van der Waals surface area contributed by atoms with Crippen molar-refractivity contribution in [3.63, 3.8) is 0 Å². The van der Waals surface area contributed by atoms with Crippen molar-refractivity contribution in [1.82, 2.24) is 15.0 Å². The van der Waals surface area contributed by atoms with E-state index in [0.29, 0.717) is 12.2 Å². The number of rotatable bonds is 7. The molecular formula is C11H16F3N3O3. The number of alkyl halides is 3. The Morgan fingerprint density at radius 2 is 2.15 bits per heavy atom. The van der Waals surface area contributed by atoms with Crippen LogP contribution in [0.4, 0.5) is 13.2 Å². The second kappa shape index (κ2) is 7.22. The molecule has 6 nitrogen and oxygen atoms in total. The third-order valence-electron chi connectivity index (χ3n) is 2.48. The number of halogens is 3. The van der Waals surface area contributed by atoms with Crippen LogP contribution in [0.5, 0.6) is 0 Å². The van der Waals surface area contributed by atoms with E-state index in [1.54, 1.807) is 0 Å². The zero-order valence-corrected chi connectivity index (χ0v) is 11.2. The second-order valence-electron chi connectivity index (χ2n) is 4.11. The molecule has 0 saturated heterocycles. The van der Waals surface area contributed by atoms with E-state index in [4.69, 9.17) is 4.52 Å². The molecule has 0 aromatic carbocycles. The van der Waals surface area contributed by atoms with Crippen LogP contribution in [0.3, 0.4) is 0 Å². The van der Waals surface area contributed by atoms with E-state index in [0.717, 1.165) is 0 Å². The molecule has 0 N–H and O–H groups in total. The maximum atomic E-state index is 12.2. The molecule has 1 rings (SSSR count). The molecule has 9 heteroatoms. The SMILES string of the molecule is CCc1noc(CN(CCC(F)(F)F)CC(=O)OC)n1. The quantitative estimate of drug-likeness (QED) is 0.711. The summed E-state index contributed by atoms with van der Waals surface area (Å²) in [5.74, 6) is 0.0178. The molecule has 20 heavy (non-hydrogen) atoms. The Bertz CT molecular complexity index is 434. The predicted molar refractivity (Wildman–Crippen MR) is 61.6 cm³/mol. The molecule has 0 spiro atoms. The molecule has 0 aliphatic rings. The third-order valence-corrected chi connectivity index (χ3v) is 2.48. The summed E-state index contributed by atoms with van der Waals surface area (Å²) < 4.78 is 46.1. The highest BCUT2D eigenvalue weighted by Crippen LogP contribution is 2.20. The minimum atomic E-state index is -4.29. The van der Waals surface area contributed by atoms with Crippen LogP contribution in [0.25, 0.3) is 0 Å². The van der Waals surface area contributed by atoms with Gasteiger partial charge in [-0.15, -0.1) is 0 Å². The van der Waals surface area contributed by atoms with Crippen LogP contribution in [-0.2, 0) is 22.5 Å².